The summed E-state index contributed by atoms with van der Waals surface area (Å²) in [6, 6.07) is 11.5. The first-order valence-electron chi connectivity index (χ1n) is 6.00. The van der Waals surface area contributed by atoms with Gasteiger partial charge in [0.2, 0.25) is 0 Å². The number of aliphatic hydroxyl groups is 1. The molecule has 0 fully saturated rings. The molecule has 0 saturated carbocycles. The Morgan fingerprint density at radius 2 is 1.95 bits per heavy atom. The molecule has 0 aromatic heterocycles. The monoisotopic (exact) mass is 312 g/mol. The number of ether oxygens (including phenoxy) is 1. The van der Waals surface area contributed by atoms with E-state index in [4.69, 9.17) is 16.3 Å². The van der Waals surface area contributed by atoms with Crippen molar-refractivity contribution in [2.75, 3.05) is 12.9 Å². The fourth-order valence-corrected chi connectivity index (χ4v) is 2.75. The lowest BCUT2D eigenvalue weighted by atomic mass is 10.1. The fraction of sp³-hybridized carbons (Fsp3) is 0.200. The Labute approximate surface area is 126 Å². The molecule has 0 radical (unpaired) electrons. The molecule has 0 saturated heterocycles. The highest BCUT2D eigenvalue weighted by atomic mass is 35.5. The lowest BCUT2D eigenvalue weighted by molar-refractivity contribution is 0.198. The first-order chi connectivity index (χ1) is 9.60. The molecule has 2 rings (SSSR count). The summed E-state index contributed by atoms with van der Waals surface area (Å²) in [5, 5.41) is 10.8. The van der Waals surface area contributed by atoms with Crippen molar-refractivity contribution < 1.29 is 14.2 Å². The van der Waals surface area contributed by atoms with Crippen LogP contribution in [0.25, 0.3) is 0 Å². The Hall–Kier alpha value is -1.23. The van der Waals surface area contributed by atoms with Crippen molar-refractivity contribution in [1.29, 1.82) is 0 Å². The van der Waals surface area contributed by atoms with Crippen LogP contribution in [-0.2, 0) is 0 Å². The third-order valence-corrected chi connectivity index (χ3v) is 4.11. The Morgan fingerprint density at radius 1 is 1.25 bits per heavy atom. The van der Waals surface area contributed by atoms with E-state index >= 15 is 0 Å². The van der Waals surface area contributed by atoms with Crippen LogP contribution in [0.5, 0.6) is 5.75 Å². The van der Waals surface area contributed by atoms with E-state index in [-0.39, 0.29) is 0 Å². The summed E-state index contributed by atoms with van der Waals surface area (Å²) < 4.78 is 18.4. The largest absolute Gasteiger partial charge is 0.496 e. The van der Waals surface area contributed by atoms with E-state index in [1.807, 2.05) is 12.1 Å². The minimum Gasteiger partial charge on any atom is -0.496 e. The maximum Gasteiger partial charge on any atom is 0.124 e. The van der Waals surface area contributed by atoms with Gasteiger partial charge >= 0.3 is 0 Å². The second kappa shape index (κ2) is 6.97. The molecule has 2 aromatic carbocycles. The number of aliphatic hydroxyl groups excluding tert-OH is 1. The molecule has 1 N–H and O–H groups in total. The molecule has 0 aliphatic rings. The molecule has 0 aliphatic heterocycles. The van der Waals surface area contributed by atoms with E-state index < -0.39 is 11.9 Å². The van der Waals surface area contributed by atoms with Crippen molar-refractivity contribution in [3.8, 4) is 5.75 Å². The Morgan fingerprint density at radius 3 is 2.60 bits per heavy atom. The van der Waals surface area contributed by atoms with Gasteiger partial charge in [-0.15, -0.1) is 11.8 Å². The summed E-state index contributed by atoms with van der Waals surface area (Å²) in [6.45, 7) is 0. The average molecular weight is 313 g/mol. The number of thioether (sulfide) groups is 1. The zero-order chi connectivity index (χ0) is 14.5. The van der Waals surface area contributed by atoms with Crippen LogP contribution in [0.15, 0.2) is 47.4 Å². The van der Waals surface area contributed by atoms with Gasteiger partial charge in [0.1, 0.15) is 11.6 Å². The number of rotatable bonds is 5. The Kier molecular flexibility index (Phi) is 5.29. The van der Waals surface area contributed by atoms with Gasteiger partial charge in [-0.25, -0.2) is 4.39 Å². The number of hydrogen-bond donors (Lipinski definition) is 1. The molecule has 1 atom stereocenters. The highest BCUT2D eigenvalue weighted by Gasteiger charge is 2.14. The van der Waals surface area contributed by atoms with E-state index in [1.165, 1.54) is 37.1 Å². The van der Waals surface area contributed by atoms with Crippen LogP contribution in [0.1, 0.15) is 11.7 Å². The van der Waals surface area contributed by atoms with Crippen molar-refractivity contribution in [3.05, 3.63) is 58.9 Å². The number of methoxy groups -OCH3 is 1. The molecule has 2 nitrogen and oxygen atoms in total. The molecule has 5 heteroatoms. The molecule has 2 aromatic rings. The summed E-state index contributed by atoms with van der Waals surface area (Å²) in [5.74, 6) is 0.494. The molecule has 0 amide bonds. The van der Waals surface area contributed by atoms with Crippen molar-refractivity contribution >= 4 is 23.4 Å². The molecule has 0 heterocycles. The van der Waals surface area contributed by atoms with Gasteiger partial charge in [-0.1, -0.05) is 11.6 Å². The molecule has 0 bridgehead atoms. The van der Waals surface area contributed by atoms with Gasteiger partial charge in [0.15, 0.2) is 0 Å². The van der Waals surface area contributed by atoms with Crippen molar-refractivity contribution in [1.82, 2.24) is 0 Å². The van der Waals surface area contributed by atoms with E-state index in [1.54, 1.807) is 12.1 Å². The Bertz CT molecular complexity index is 575. The molecular weight excluding hydrogens is 299 g/mol. The third-order valence-electron chi connectivity index (χ3n) is 2.77. The first-order valence-corrected chi connectivity index (χ1v) is 7.36. The lowest BCUT2D eigenvalue weighted by Gasteiger charge is -2.14. The lowest BCUT2D eigenvalue weighted by Crippen LogP contribution is -2.04. The predicted octanol–water partition coefficient (Wildman–Crippen LogP) is 4.31. The summed E-state index contributed by atoms with van der Waals surface area (Å²) in [5.41, 5.74) is 0.453. The summed E-state index contributed by atoms with van der Waals surface area (Å²) >= 11 is 7.28. The summed E-state index contributed by atoms with van der Waals surface area (Å²) in [6.07, 6.45) is -0.804. The topological polar surface area (TPSA) is 29.5 Å². The van der Waals surface area contributed by atoms with Crippen LogP contribution in [-0.4, -0.2) is 18.0 Å². The average Bonchev–Trinajstić information content (AvgIpc) is 2.46. The van der Waals surface area contributed by atoms with Crippen LogP contribution < -0.4 is 4.74 Å². The zero-order valence-electron chi connectivity index (χ0n) is 10.8. The second-order valence-corrected chi connectivity index (χ2v) is 5.70. The highest BCUT2D eigenvalue weighted by Crippen LogP contribution is 2.31. The standard InChI is InChI=1S/C15H14ClFO2S/c1-19-15-7-4-11(17)8-13(15)14(18)9-20-12-5-2-10(16)3-6-12/h2-8,14,18H,9H2,1H3. The van der Waals surface area contributed by atoms with Crippen molar-refractivity contribution in [2.24, 2.45) is 0 Å². The number of halogens is 2. The van der Waals surface area contributed by atoms with Crippen molar-refractivity contribution in [3.63, 3.8) is 0 Å². The van der Waals surface area contributed by atoms with E-state index in [0.29, 0.717) is 22.1 Å². The number of benzene rings is 2. The highest BCUT2D eigenvalue weighted by molar-refractivity contribution is 7.99. The van der Waals surface area contributed by atoms with Gasteiger partial charge < -0.3 is 9.84 Å². The minimum atomic E-state index is -0.804. The van der Waals surface area contributed by atoms with Crippen LogP contribution in [0.3, 0.4) is 0 Å². The third kappa shape index (κ3) is 3.88. The van der Waals surface area contributed by atoms with Gasteiger partial charge in [-0.05, 0) is 42.5 Å². The first kappa shape index (κ1) is 15.2. The normalized spacial score (nSPS) is 12.2. The second-order valence-electron chi connectivity index (χ2n) is 4.17. The molecule has 0 spiro atoms. The van der Waals surface area contributed by atoms with Gasteiger partial charge in [0, 0.05) is 21.2 Å². The quantitative estimate of drug-likeness (QED) is 0.834. The van der Waals surface area contributed by atoms with Crippen molar-refractivity contribution in [2.45, 2.75) is 11.0 Å². The van der Waals surface area contributed by atoms with Crippen LogP contribution in [0.2, 0.25) is 5.02 Å². The van der Waals surface area contributed by atoms with Gasteiger partial charge in [0.25, 0.3) is 0 Å². The van der Waals surface area contributed by atoms with Gasteiger partial charge in [-0.3, -0.25) is 0 Å². The molecule has 106 valence electrons. The molecule has 0 aliphatic carbocycles. The van der Waals surface area contributed by atoms with Gasteiger partial charge in [0.05, 0.1) is 13.2 Å². The fourth-order valence-electron chi connectivity index (χ4n) is 1.76. The maximum absolute atomic E-state index is 13.3. The summed E-state index contributed by atoms with van der Waals surface area (Å²) in [4.78, 5) is 0.990. The number of hydrogen-bond acceptors (Lipinski definition) is 3. The Balaban J connectivity index is 2.06. The minimum absolute atomic E-state index is 0.392. The zero-order valence-corrected chi connectivity index (χ0v) is 12.4. The van der Waals surface area contributed by atoms with Crippen LogP contribution >= 0.6 is 23.4 Å². The van der Waals surface area contributed by atoms with Crippen LogP contribution in [0, 0.1) is 5.82 Å². The van der Waals surface area contributed by atoms with E-state index in [9.17, 15) is 9.50 Å². The summed E-state index contributed by atoms with van der Waals surface area (Å²) in [7, 11) is 1.50. The predicted molar refractivity (Wildman–Crippen MR) is 80.1 cm³/mol. The SMILES string of the molecule is COc1ccc(F)cc1C(O)CSc1ccc(Cl)cc1. The van der Waals surface area contributed by atoms with E-state index in [2.05, 4.69) is 0 Å². The molecule has 20 heavy (non-hydrogen) atoms. The maximum atomic E-state index is 13.3. The van der Waals surface area contributed by atoms with Crippen LogP contribution in [0.4, 0.5) is 4.39 Å². The van der Waals surface area contributed by atoms with Gasteiger partial charge in [-0.2, -0.15) is 0 Å². The van der Waals surface area contributed by atoms with E-state index in [0.717, 1.165) is 4.90 Å². The molecular formula is C15H14ClFO2S. The molecule has 1 unspecified atom stereocenters. The smallest absolute Gasteiger partial charge is 0.124 e.